The molecule has 6 heteroatoms. The van der Waals surface area contributed by atoms with Crippen LogP contribution in [0.3, 0.4) is 0 Å². The van der Waals surface area contributed by atoms with Gasteiger partial charge in [0.15, 0.2) is 5.58 Å². The second kappa shape index (κ2) is 7.54. The van der Waals surface area contributed by atoms with Gasteiger partial charge in [0.25, 0.3) is 0 Å². The molecule has 4 rings (SSSR count). The van der Waals surface area contributed by atoms with Gasteiger partial charge in [-0.2, -0.15) is 0 Å². The van der Waals surface area contributed by atoms with Crippen LogP contribution >= 0.6 is 0 Å². The number of aromatic nitrogens is 1. The average molecular weight is 379 g/mol. The Balaban J connectivity index is 1.65. The van der Waals surface area contributed by atoms with Gasteiger partial charge in [-0.1, -0.05) is 11.2 Å². The van der Waals surface area contributed by atoms with Crippen molar-refractivity contribution < 1.29 is 23.6 Å². The highest BCUT2D eigenvalue weighted by atomic mass is 16.5. The van der Waals surface area contributed by atoms with Crippen LogP contribution in [0, 0.1) is 0 Å². The fourth-order valence-electron chi connectivity index (χ4n) is 3.77. The molecule has 0 amide bonds. The number of carbonyl (C=O) groups is 3. The van der Waals surface area contributed by atoms with Crippen LogP contribution in [0.2, 0.25) is 0 Å². The lowest BCUT2D eigenvalue weighted by Crippen LogP contribution is -2.23. The van der Waals surface area contributed by atoms with E-state index in [-0.39, 0.29) is 23.8 Å². The molecule has 1 aliphatic carbocycles. The molecule has 1 fully saturated rings. The Morgan fingerprint density at radius 3 is 2.89 bits per heavy atom. The summed E-state index contributed by atoms with van der Waals surface area (Å²) in [6.07, 6.45) is 2.05. The maximum absolute atomic E-state index is 12.4. The van der Waals surface area contributed by atoms with Gasteiger partial charge < -0.3 is 14.1 Å². The van der Waals surface area contributed by atoms with Crippen LogP contribution in [0.25, 0.3) is 21.7 Å². The van der Waals surface area contributed by atoms with Gasteiger partial charge in [-0.15, -0.1) is 0 Å². The summed E-state index contributed by atoms with van der Waals surface area (Å²) in [6, 6.07) is 9.52. The smallest absolute Gasteiger partial charge is 0.167 e. The molecule has 0 spiro atoms. The standard InChI is InChI=1S/C22H21NO5/c1-13(24)3-2-10-27-16-6-8-17-14(11-16)4-9-20-21(17)22(23-28-20)18-7-5-15(25)12-19(18)26/h4,6,8-9,11,18H,2-3,5,7,10,12H2,1H3/t18-/m1/s1. The Morgan fingerprint density at radius 2 is 2.11 bits per heavy atom. The molecule has 1 aromatic heterocycles. The van der Waals surface area contributed by atoms with Crippen molar-refractivity contribution in [2.45, 2.75) is 44.9 Å². The van der Waals surface area contributed by atoms with E-state index in [1.54, 1.807) is 6.92 Å². The third kappa shape index (κ3) is 3.54. The first-order valence-corrected chi connectivity index (χ1v) is 9.51. The minimum Gasteiger partial charge on any atom is -0.494 e. The lowest BCUT2D eigenvalue weighted by Gasteiger charge is -2.18. The molecule has 0 aliphatic heterocycles. The minimum atomic E-state index is -0.396. The van der Waals surface area contributed by atoms with E-state index in [2.05, 4.69) is 5.16 Å². The summed E-state index contributed by atoms with van der Waals surface area (Å²) in [5, 5.41) is 6.90. The van der Waals surface area contributed by atoms with E-state index in [1.807, 2.05) is 30.3 Å². The maximum Gasteiger partial charge on any atom is 0.167 e. The molecule has 0 N–H and O–H groups in total. The highest BCUT2D eigenvalue weighted by molar-refractivity contribution is 6.11. The van der Waals surface area contributed by atoms with Crippen molar-refractivity contribution in [1.82, 2.24) is 5.16 Å². The highest BCUT2D eigenvalue weighted by Gasteiger charge is 2.32. The van der Waals surface area contributed by atoms with Gasteiger partial charge in [0.2, 0.25) is 0 Å². The normalized spacial score (nSPS) is 17.4. The summed E-state index contributed by atoms with van der Waals surface area (Å²) in [7, 11) is 0. The molecule has 1 atom stereocenters. The zero-order valence-electron chi connectivity index (χ0n) is 15.7. The second-order valence-corrected chi connectivity index (χ2v) is 7.32. The van der Waals surface area contributed by atoms with Crippen LogP contribution in [-0.4, -0.2) is 29.1 Å². The Labute approximate surface area is 161 Å². The van der Waals surface area contributed by atoms with Crippen molar-refractivity contribution in [3.8, 4) is 5.75 Å². The van der Waals surface area contributed by atoms with Crippen LogP contribution < -0.4 is 4.74 Å². The average Bonchev–Trinajstić information content (AvgIpc) is 3.09. The number of ketones is 3. The van der Waals surface area contributed by atoms with E-state index in [0.717, 1.165) is 21.9 Å². The third-order valence-corrected chi connectivity index (χ3v) is 5.20. The molecule has 6 nitrogen and oxygen atoms in total. The van der Waals surface area contributed by atoms with Crippen molar-refractivity contribution >= 4 is 39.1 Å². The van der Waals surface area contributed by atoms with E-state index in [0.29, 0.717) is 43.6 Å². The Morgan fingerprint density at radius 1 is 1.25 bits per heavy atom. The summed E-state index contributed by atoms with van der Waals surface area (Å²) in [4.78, 5) is 35.0. The van der Waals surface area contributed by atoms with Gasteiger partial charge in [0.05, 0.1) is 24.3 Å². The van der Waals surface area contributed by atoms with Crippen molar-refractivity contribution in [3.05, 3.63) is 36.0 Å². The Kier molecular flexibility index (Phi) is 4.94. The fourth-order valence-corrected chi connectivity index (χ4v) is 3.77. The second-order valence-electron chi connectivity index (χ2n) is 7.32. The Bertz CT molecular complexity index is 1080. The number of carbonyl (C=O) groups excluding carboxylic acids is 3. The van der Waals surface area contributed by atoms with Gasteiger partial charge in [0, 0.05) is 12.8 Å². The predicted octanol–water partition coefficient (Wildman–Crippen LogP) is 4.13. The number of benzene rings is 2. The van der Waals surface area contributed by atoms with Gasteiger partial charge in [-0.3, -0.25) is 9.59 Å². The molecule has 28 heavy (non-hydrogen) atoms. The first kappa shape index (κ1) is 18.3. The van der Waals surface area contributed by atoms with Gasteiger partial charge in [-0.05, 0) is 54.8 Å². The van der Waals surface area contributed by atoms with Crippen molar-refractivity contribution in [1.29, 1.82) is 0 Å². The van der Waals surface area contributed by atoms with Crippen LogP contribution in [-0.2, 0) is 14.4 Å². The maximum atomic E-state index is 12.4. The number of hydrogen-bond acceptors (Lipinski definition) is 6. The van der Waals surface area contributed by atoms with E-state index in [4.69, 9.17) is 9.26 Å². The lowest BCUT2D eigenvalue weighted by atomic mass is 9.83. The van der Waals surface area contributed by atoms with Gasteiger partial charge >= 0.3 is 0 Å². The molecule has 3 aromatic rings. The molecule has 1 saturated carbocycles. The SMILES string of the molecule is CC(=O)CCCOc1ccc2c(ccc3onc([C@@H]4CCC(=O)CC4=O)c32)c1. The first-order valence-electron chi connectivity index (χ1n) is 9.51. The molecule has 0 bridgehead atoms. The van der Waals surface area contributed by atoms with Crippen LogP contribution in [0.1, 0.15) is 50.6 Å². The van der Waals surface area contributed by atoms with E-state index < -0.39 is 5.92 Å². The predicted molar refractivity (Wildman–Crippen MR) is 104 cm³/mol. The summed E-state index contributed by atoms with van der Waals surface area (Å²) in [5.74, 6) is 0.391. The van der Waals surface area contributed by atoms with Crippen molar-refractivity contribution in [2.24, 2.45) is 0 Å². The van der Waals surface area contributed by atoms with Crippen LogP contribution in [0.4, 0.5) is 0 Å². The molecule has 1 heterocycles. The number of Topliss-reactive ketones (excluding diaryl/α,β-unsaturated/α-hetero) is 3. The largest absolute Gasteiger partial charge is 0.494 e. The number of nitrogens with zero attached hydrogens (tertiary/aromatic N) is 1. The first-order chi connectivity index (χ1) is 13.5. The quantitative estimate of drug-likeness (QED) is 0.473. The lowest BCUT2D eigenvalue weighted by molar-refractivity contribution is -0.130. The molecule has 2 aromatic carbocycles. The molecule has 1 aliphatic rings. The minimum absolute atomic E-state index is 0.00882. The molecular weight excluding hydrogens is 358 g/mol. The van der Waals surface area contributed by atoms with E-state index >= 15 is 0 Å². The zero-order valence-corrected chi connectivity index (χ0v) is 15.7. The topological polar surface area (TPSA) is 86.5 Å². The number of ether oxygens (including phenoxy) is 1. The van der Waals surface area contributed by atoms with Crippen LogP contribution in [0.5, 0.6) is 5.75 Å². The molecule has 0 saturated heterocycles. The van der Waals surface area contributed by atoms with Crippen molar-refractivity contribution in [2.75, 3.05) is 6.61 Å². The Hall–Kier alpha value is -3.02. The molecule has 144 valence electrons. The summed E-state index contributed by atoms with van der Waals surface area (Å²) >= 11 is 0. The third-order valence-electron chi connectivity index (χ3n) is 5.20. The van der Waals surface area contributed by atoms with Gasteiger partial charge in [0.1, 0.15) is 28.8 Å². The van der Waals surface area contributed by atoms with Gasteiger partial charge in [-0.25, -0.2) is 0 Å². The molecule has 0 radical (unpaired) electrons. The number of fused-ring (bicyclic) bond motifs is 3. The molecule has 0 unspecified atom stereocenters. The fraction of sp³-hybridized carbons (Fsp3) is 0.364. The number of hydrogen-bond donors (Lipinski definition) is 0. The highest BCUT2D eigenvalue weighted by Crippen LogP contribution is 2.37. The van der Waals surface area contributed by atoms with Crippen LogP contribution in [0.15, 0.2) is 34.9 Å². The molecular formula is C22H21NO5. The van der Waals surface area contributed by atoms with Crippen molar-refractivity contribution in [3.63, 3.8) is 0 Å². The summed E-state index contributed by atoms with van der Waals surface area (Å²) in [5.41, 5.74) is 1.25. The number of rotatable bonds is 6. The van der Waals surface area contributed by atoms with E-state index in [1.165, 1.54) is 0 Å². The van der Waals surface area contributed by atoms with E-state index in [9.17, 15) is 14.4 Å². The summed E-state index contributed by atoms with van der Waals surface area (Å²) < 4.78 is 11.2. The zero-order chi connectivity index (χ0) is 19.7. The monoisotopic (exact) mass is 379 g/mol. The summed E-state index contributed by atoms with van der Waals surface area (Å²) in [6.45, 7) is 2.06.